The van der Waals surface area contributed by atoms with Crippen molar-refractivity contribution in [3.05, 3.63) is 23.3 Å². The zero-order chi connectivity index (χ0) is 18.7. The van der Waals surface area contributed by atoms with Gasteiger partial charge in [-0.25, -0.2) is 9.59 Å². The topological polar surface area (TPSA) is 72.8 Å². The molecule has 0 saturated carbocycles. The van der Waals surface area contributed by atoms with Gasteiger partial charge in [0, 0.05) is 23.5 Å². The molecule has 1 aliphatic heterocycles. The molecule has 25 heavy (non-hydrogen) atoms. The Bertz CT molecular complexity index is 575. The molecular weight excluding hydrogens is 320 g/mol. The van der Waals surface area contributed by atoms with E-state index in [0.29, 0.717) is 30.4 Å². The average Bonchev–Trinajstić information content (AvgIpc) is 2.90. The lowest BCUT2D eigenvalue weighted by atomic mass is 9.78. The highest BCUT2D eigenvalue weighted by Gasteiger charge is 2.43. The number of aliphatic hydroxyl groups is 1. The van der Waals surface area contributed by atoms with Crippen LogP contribution in [0.1, 0.15) is 53.9 Å². The molecular formula is C20H30O5. The van der Waals surface area contributed by atoms with E-state index in [4.69, 9.17) is 9.47 Å². The SMILES string of the molecule is CC=C(C)C(=O)O[C@H]1C[C@@H](C)[C@H](O)CC=C2C[C@H](OC2=O)[C@H]1C(C)C. The van der Waals surface area contributed by atoms with Crippen LogP contribution in [0.5, 0.6) is 0 Å². The molecule has 1 aliphatic carbocycles. The standard InChI is InChI=1S/C20H30O5/c1-6-12(4)19(22)24-16-9-13(5)15(21)8-7-14-10-17(25-20(14)23)18(16)11(2)3/h6-7,11,13,15-18,21H,8-10H2,1-5H3/t13-,15-,16+,17+,18+/m1/s1. The molecule has 5 nitrogen and oxygen atoms in total. The van der Waals surface area contributed by atoms with Crippen LogP contribution in [0.25, 0.3) is 0 Å². The largest absolute Gasteiger partial charge is 0.459 e. The lowest BCUT2D eigenvalue weighted by Gasteiger charge is -2.35. The third-order valence-corrected chi connectivity index (χ3v) is 5.45. The Hall–Kier alpha value is -1.62. The molecule has 1 heterocycles. The van der Waals surface area contributed by atoms with E-state index >= 15 is 0 Å². The molecule has 5 heteroatoms. The van der Waals surface area contributed by atoms with Crippen molar-refractivity contribution in [3.63, 3.8) is 0 Å². The second-order valence-corrected chi connectivity index (χ2v) is 7.63. The Morgan fingerprint density at radius 3 is 2.72 bits per heavy atom. The van der Waals surface area contributed by atoms with Crippen LogP contribution in [0.3, 0.4) is 0 Å². The van der Waals surface area contributed by atoms with Gasteiger partial charge in [0.2, 0.25) is 0 Å². The Balaban J connectivity index is 2.36. The number of ether oxygens (including phenoxy) is 2. The predicted molar refractivity (Wildman–Crippen MR) is 94.6 cm³/mol. The molecule has 0 aromatic rings. The summed E-state index contributed by atoms with van der Waals surface area (Å²) in [7, 11) is 0. The van der Waals surface area contributed by atoms with E-state index in [1.54, 1.807) is 26.0 Å². The Morgan fingerprint density at radius 2 is 2.12 bits per heavy atom. The van der Waals surface area contributed by atoms with E-state index in [-0.39, 0.29) is 35.8 Å². The van der Waals surface area contributed by atoms with Crippen LogP contribution in [0.2, 0.25) is 0 Å². The van der Waals surface area contributed by atoms with E-state index in [9.17, 15) is 14.7 Å². The Morgan fingerprint density at radius 1 is 1.44 bits per heavy atom. The highest BCUT2D eigenvalue weighted by molar-refractivity contribution is 5.90. The molecule has 140 valence electrons. The molecule has 2 rings (SSSR count). The quantitative estimate of drug-likeness (QED) is 0.625. The summed E-state index contributed by atoms with van der Waals surface area (Å²) in [5, 5.41) is 10.4. The number of rotatable bonds is 3. The molecule has 1 fully saturated rings. The first-order valence-electron chi connectivity index (χ1n) is 9.16. The van der Waals surface area contributed by atoms with Gasteiger partial charge in [-0.1, -0.05) is 32.9 Å². The summed E-state index contributed by atoms with van der Waals surface area (Å²) in [6, 6.07) is 0. The summed E-state index contributed by atoms with van der Waals surface area (Å²) < 4.78 is 11.4. The minimum absolute atomic E-state index is 0.0468. The minimum atomic E-state index is -0.575. The highest BCUT2D eigenvalue weighted by atomic mass is 16.6. The Labute approximate surface area is 150 Å². The normalized spacial score (nSPS) is 33.7. The molecule has 2 aliphatic rings. The van der Waals surface area contributed by atoms with Crippen molar-refractivity contribution >= 4 is 11.9 Å². The van der Waals surface area contributed by atoms with Crippen molar-refractivity contribution in [1.82, 2.24) is 0 Å². The fraction of sp³-hybridized carbons (Fsp3) is 0.700. The molecule has 0 amide bonds. The number of esters is 2. The van der Waals surface area contributed by atoms with Gasteiger partial charge in [0.1, 0.15) is 12.2 Å². The van der Waals surface area contributed by atoms with Gasteiger partial charge in [-0.15, -0.1) is 0 Å². The van der Waals surface area contributed by atoms with E-state index in [0.717, 1.165) is 0 Å². The van der Waals surface area contributed by atoms with Crippen LogP contribution < -0.4 is 0 Å². The molecule has 0 unspecified atom stereocenters. The average molecular weight is 350 g/mol. The van der Waals surface area contributed by atoms with Gasteiger partial charge in [0.05, 0.1) is 6.10 Å². The number of fused-ring (bicyclic) bond motifs is 2. The first kappa shape index (κ1) is 19.7. The zero-order valence-corrected chi connectivity index (χ0v) is 15.8. The molecule has 1 N–H and O–H groups in total. The summed E-state index contributed by atoms with van der Waals surface area (Å²) >= 11 is 0. The molecule has 0 aromatic heterocycles. The smallest absolute Gasteiger partial charge is 0.334 e. The van der Waals surface area contributed by atoms with E-state index in [2.05, 4.69) is 13.8 Å². The van der Waals surface area contributed by atoms with Crippen LogP contribution in [0.4, 0.5) is 0 Å². The maximum atomic E-state index is 12.3. The molecule has 1 saturated heterocycles. The number of aliphatic hydroxyl groups excluding tert-OH is 1. The van der Waals surface area contributed by atoms with Crippen molar-refractivity contribution in [1.29, 1.82) is 0 Å². The third kappa shape index (κ3) is 4.51. The summed E-state index contributed by atoms with van der Waals surface area (Å²) in [6.07, 6.45) is 3.74. The minimum Gasteiger partial charge on any atom is -0.459 e. The molecule has 0 spiro atoms. The summed E-state index contributed by atoms with van der Waals surface area (Å²) in [4.78, 5) is 24.5. The van der Waals surface area contributed by atoms with E-state index < -0.39 is 12.2 Å². The molecule has 5 atom stereocenters. The lowest BCUT2D eigenvalue weighted by molar-refractivity contribution is -0.157. The predicted octanol–water partition coefficient (Wildman–Crippen LogP) is 3.17. The van der Waals surface area contributed by atoms with E-state index in [1.165, 1.54) is 0 Å². The van der Waals surface area contributed by atoms with Crippen LogP contribution >= 0.6 is 0 Å². The maximum Gasteiger partial charge on any atom is 0.334 e. The van der Waals surface area contributed by atoms with Gasteiger partial charge < -0.3 is 14.6 Å². The van der Waals surface area contributed by atoms with Crippen LogP contribution in [-0.2, 0) is 19.1 Å². The molecule has 0 radical (unpaired) electrons. The highest BCUT2D eigenvalue weighted by Crippen LogP contribution is 2.37. The number of carbonyl (C=O) groups excluding carboxylic acids is 2. The monoisotopic (exact) mass is 350 g/mol. The summed E-state index contributed by atoms with van der Waals surface area (Å²) in [5.41, 5.74) is 1.18. The van der Waals surface area contributed by atoms with Gasteiger partial charge in [-0.2, -0.15) is 0 Å². The van der Waals surface area contributed by atoms with Crippen LogP contribution in [-0.4, -0.2) is 35.4 Å². The van der Waals surface area contributed by atoms with E-state index in [1.807, 2.05) is 6.92 Å². The van der Waals surface area contributed by atoms with Gasteiger partial charge in [-0.3, -0.25) is 0 Å². The van der Waals surface area contributed by atoms with Crippen molar-refractivity contribution < 1.29 is 24.2 Å². The van der Waals surface area contributed by atoms with Crippen molar-refractivity contribution in [2.75, 3.05) is 0 Å². The second kappa shape index (κ2) is 8.17. The maximum absolute atomic E-state index is 12.3. The Kier molecular flexibility index (Phi) is 6.44. The van der Waals surface area contributed by atoms with Gasteiger partial charge in [-0.05, 0) is 38.5 Å². The molecule has 0 aromatic carbocycles. The van der Waals surface area contributed by atoms with Crippen molar-refractivity contribution in [2.45, 2.75) is 72.2 Å². The lowest BCUT2D eigenvalue weighted by Crippen LogP contribution is -2.41. The molecule has 2 bridgehead atoms. The fourth-order valence-corrected chi connectivity index (χ4v) is 3.69. The third-order valence-electron chi connectivity index (χ3n) is 5.45. The number of hydrogen-bond donors (Lipinski definition) is 1. The van der Waals surface area contributed by atoms with Gasteiger partial charge >= 0.3 is 11.9 Å². The van der Waals surface area contributed by atoms with Crippen molar-refractivity contribution in [3.8, 4) is 0 Å². The second-order valence-electron chi connectivity index (χ2n) is 7.63. The number of carbonyl (C=O) groups is 2. The number of hydrogen-bond acceptors (Lipinski definition) is 5. The fourth-order valence-electron chi connectivity index (χ4n) is 3.69. The van der Waals surface area contributed by atoms with Crippen LogP contribution in [0.15, 0.2) is 23.3 Å². The summed E-state index contributed by atoms with van der Waals surface area (Å²) in [6.45, 7) is 9.58. The van der Waals surface area contributed by atoms with Crippen molar-refractivity contribution in [2.24, 2.45) is 17.8 Å². The van der Waals surface area contributed by atoms with Gasteiger partial charge in [0.25, 0.3) is 0 Å². The van der Waals surface area contributed by atoms with Gasteiger partial charge in [0.15, 0.2) is 0 Å². The first-order valence-corrected chi connectivity index (χ1v) is 9.16. The first-order chi connectivity index (χ1) is 11.7. The number of allylic oxidation sites excluding steroid dienone is 1. The van der Waals surface area contributed by atoms with Crippen LogP contribution in [0, 0.1) is 17.8 Å². The summed E-state index contributed by atoms with van der Waals surface area (Å²) in [5.74, 6) is -0.639. The zero-order valence-electron chi connectivity index (χ0n) is 15.8.